The lowest BCUT2D eigenvalue weighted by atomic mass is 10.1. The summed E-state index contributed by atoms with van der Waals surface area (Å²) >= 11 is 0. The smallest absolute Gasteiger partial charge is 0.183 e. The molecule has 0 aliphatic carbocycles. The van der Waals surface area contributed by atoms with Crippen LogP contribution in [0.1, 0.15) is 11.3 Å². The second-order valence-electron chi connectivity index (χ2n) is 5.11. The topological polar surface area (TPSA) is 62.0 Å². The minimum absolute atomic E-state index is 0.301. The van der Waals surface area contributed by atoms with Crippen molar-refractivity contribution in [2.75, 3.05) is 12.0 Å². The van der Waals surface area contributed by atoms with Crippen LogP contribution in [0.4, 0.5) is 11.5 Å². The first-order valence-electron chi connectivity index (χ1n) is 7.48. The van der Waals surface area contributed by atoms with Crippen molar-refractivity contribution in [2.45, 2.75) is 6.54 Å². The van der Waals surface area contributed by atoms with Crippen LogP contribution in [0.2, 0.25) is 0 Å². The van der Waals surface area contributed by atoms with Crippen LogP contribution in [-0.4, -0.2) is 17.1 Å². The van der Waals surface area contributed by atoms with E-state index in [1.54, 1.807) is 13.3 Å². The molecule has 118 valence electrons. The van der Waals surface area contributed by atoms with Crippen LogP contribution in [0.3, 0.4) is 0 Å². The summed E-state index contributed by atoms with van der Waals surface area (Å²) in [7, 11) is 1.64. The molecule has 0 unspecified atom stereocenters. The Bertz CT molecular complexity index is 841. The molecule has 0 aliphatic heterocycles. The molecule has 2 aromatic carbocycles. The van der Waals surface area contributed by atoms with E-state index in [1.165, 1.54) is 6.20 Å². The largest absolute Gasteiger partial charge is 0.497 e. The van der Waals surface area contributed by atoms with Crippen LogP contribution in [0.15, 0.2) is 67.0 Å². The van der Waals surface area contributed by atoms with Gasteiger partial charge in [0.1, 0.15) is 11.8 Å². The zero-order chi connectivity index (χ0) is 16.8. The highest BCUT2D eigenvalue weighted by Gasteiger charge is 2.16. The van der Waals surface area contributed by atoms with Gasteiger partial charge in [0.2, 0.25) is 0 Å². The van der Waals surface area contributed by atoms with E-state index in [2.05, 4.69) is 16.0 Å². The average molecular weight is 316 g/mol. The minimum atomic E-state index is 0.301. The molecule has 0 saturated heterocycles. The number of benzene rings is 2. The lowest BCUT2D eigenvalue weighted by Crippen LogP contribution is -2.19. The Balaban J connectivity index is 2.01. The lowest BCUT2D eigenvalue weighted by Gasteiger charge is -2.24. The number of hydrogen-bond acceptors (Lipinski definition) is 5. The van der Waals surface area contributed by atoms with E-state index in [-0.39, 0.29) is 0 Å². The molecule has 0 N–H and O–H groups in total. The normalized spacial score (nSPS) is 10.0. The number of ether oxygens (including phenoxy) is 1. The molecule has 5 nitrogen and oxygen atoms in total. The third-order valence-corrected chi connectivity index (χ3v) is 3.61. The molecule has 0 aliphatic rings. The van der Waals surface area contributed by atoms with Crippen LogP contribution in [0.5, 0.6) is 5.75 Å². The van der Waals surface area contributed by atoms with E-state index in [1.807, 2.05) is 59.5 Å². The maximum Gasteiger partial charge on any atom is 0.183 e. The van der Waals surface area contributed by atoms with E-state index in [0.717, 1.165) is 17.0 Å². The predicted molar refractivity (Wildman–Crippen MR) is 92.0 cm³/mol. The Morgan fingerprint density at radius 1 is 1.00 bits per heavy atom. The van der Waals surface area contributed by atoms with Crippen molar-refractivity contribution in [1.82, 2.24) is 9.97 Å². The SMILES string of the molecule is COc1ccc(CN(c2ccccc2)c2nccnc2C#N)cc1. The van der Waals surface area contributed by atoms with Crippen molar-refractivity contribution < 1.29 is 4.74 Å². The third kappa shape index (κ3) is 3.33. The van der Waals surface area contributed by atoms with Gasteiger partial charge in [-0.2, -0.15) is 5.26 Å². The Morgan fingerprint density at radius 3 is 2.38 bits per heavy atom. The highest BCUT2D eigenvalue weighted by atomic mass is 16.5. The summed E-state index contributed by atoms with van der Waals surface area (Å²) in [4.78, 5) is 10.5. The fourth-order valence-corrected chi connectivity index (χ4v) is 2.42. The summed E-state index contributed by atoms with van der Waals surface area (Å²) in [5.74, 6) is 1.35. The number of rotatable bonds is 5. The van der Waals surface area contributed by atoms with E-state index >= 15 is 0 Å². The zero-order valence-corrected chi connectivity index (χ0v) is 13.3. The van der Waals surface area contributed by atoms with Gasteiger partial charge in [-0.25, -0.2) is 9.97 Å². The predicted octanol–water partition coefficient (Wildman–Crippen LogP) is 3.70. The second-order valence-corrected chi connectivity index (χ2v) is 5.11. The fraction of sp³-hybridized carbons (Fsp3) is 0.105. The molecular formula is C19H16N4O. The van der Waals surface area contributed by atoms with Crippen molar-refractivity contribution in [2.24, 2.45) is 0 Å². The van der Waals surface area contributed by atoms with Crippen LogP contribution in [-0.2, 0) is 6.54 Å². The molecule has 0 atom stereocenters. The molecule has 3 aromatic rings. The molecule has 24 heavy (non-hydrogen) atoms. The standard InChI is InChI=1S/C19H16N4O/c1-24-17-9-7-15(8-10-17)14-23(16-5-3-2-4-6-16)19-18(13-20)21-11-12-22-19/h2-12H,14H2,1H3. The molecule has 3 rings (SSSR count). The minimum Gasteiger partial charge on any atom is -0.497 e. The maximum absolute atomic E-state index is 9.35. The van der Waals surface area contributed by atoms with E-state index in [9.17, 15) is 5.26 Å². The number of hydrogen-bond donors (Lipinski definition) is 0. The third-order valence-electron chi connectivity index (χ3n) is 3.61. The fourth-order valence-electron chi connectivity index (χ4n) is 2.42. The van der Waals surface area contributed by atoms with Crippen LogP contribution in [0.25, 0.3) is 0 Å². The number of anilines is 2. The molecule has 0 radical (unpaired) electrons. The average Bonchev–Trinajstić information content (AvgIpc) is 2.67. The number of para-hydroxylation sites is 1. The molecule has 0 saturated carbocycles. The Kier molecular flexibility index (Phi) is 4.68. The molecule has 0 spiro atoms. The Labute approximate surface area is 140 Å². The first kappa shape index (κ1) is 15.5. The van der Waals surface area contributed by atoms with Crippen molar-refractivity contribution in [1.29, 1.82) is 5.26 Å². The van der Waals surface area contributed by atoms with Gasteiger partial charge in [-0.05, 0) is 29.8 Å². The van der Waals surface area contributed by atoms with Gasteiger partial charge in [0, 0.05) is 24.6 Å². The number of aromatic nitrogens is 2. The number of methoxy groups -OCH3 is 1. The maximum atomic E-state index is 9.35. The van der Waals surface area contributed by atoms with Crippen LogP contribution < -0.4 is 9.64 Å². The van der Waals surface area contributed by atoms with Gasteiger partial charge in [-0.15, -0.1) is 0 Å². The second kappa shape index (κ2) is 7.25. The lowest BCUT2D eigenvalue weighted by molar-refractivity contribution is 0.414. The summed E-state index contributed by atoms with van der Waals surface area (Å²) in [5, 5.41) is 9.35. The van der Waals surface area contributed by atoms with Gasteiger partial charge in [0.25, 0.3) is 0 Å². The van der Waals surface area contributed by atoms with Crippen LogP contribution in [0, 0.1) is 11.3 Å². The molecule has 1 aromatic heterocycles. The summed E-state index contributed by atoms with van der Waals surface area (Å²) < 4.78 is 5.20. The number of nitrogens with zero attached hydrogens (tertiary/aromatic N) is 4. The first-order valence-corrected chi connectivity index (χ1v) is 7.48. The molecular weight excluding hydrogens is 300 g/mol. The van der Waals surface area contributed by atoms with Crippen molar-refractivity contribution in [3.8, 4) is 11.8 Å². The highest BCUT2D eigenvalue weighted by molar-refractivity contribution is 5.64. The quantitative estimate of drug-likeness (QED) is 0.718. The van der Waals surface area contributed by atoms with Gasteiger partial charge in [0.05, 0.1) is 7.11 Å². The Hall–Kier alpha value is -3.39. The number of nitriles is 1. The molecule has 0 bridgehead atoms. The molecule has 5 heteroatoms. The molecule has 1 heterocycles. The van der Waals surface area contributed by atoms with E-state index in [4.69, 9.17) is 4.74 Å². The Morgan fingerprint density at radius 2 is 1.71 bits per heavy atom. The summed E-state index contributed by atoms with van der Waals surface area (Å²) in [6.45, 7) is 0.571. The van der Waals surface area contributed by atoms with Gasteiger partial charge in [-0.3, -0.25) is 0 Å². The van der Waals surface area contributed by atoms with Crippen molar-refractivity contribution >= 4 is 11.5 Å². The summed E-state index contributed by atoms with van der Waals surface area (Å²) in [6.07, 6.45) is 3.12. The summed E-state index contributed by atoms with van der Waals surface area (Å²) in [5.41, 5.74) is 2.33. The van der Waals surface area contributed by atoms with E-state index < -0.39 is 0 Å². The van der Waals surface area contributed by atoms with Crippen LogP contribution >= 0.6 is 0 Å². The van der Waals surface area contributed by atoms with Gasteiger partial charge in [0.15, 0.2) is 11.5 Å². The molecule has 0 amide bonds. The van der Waals surface area contributed by atoms with E-state index in [0.29, 0.717) is 18.1 Å². The molecule has 0 fully saturated rings. The zero-order valence-electron chi connectivity index (χ0n) is 13.3. The van der Waals surface area contributed by atoms with Gasteiger partial charge in [-0.1, -0.05) is 30.3 Å². The monoisotopic (exact) mass is 316 g/mol. The first-order chi connectivity index (χ1) is 11.8. The van der Waals surface area contributed by atoms with Gasteiger partial charge >= 0.3 is 0 Å². The summed E-state index contributed by atoms with van der Waals surface area (Å²) in [6, 6.07) is 19.8. The highest BCUT2D eigenvalue weighted by Crippen LogP contribution is 2.27. The van der Waals surface area contributed by atoms with Crippen molar-refractivity contribution in [3.05, 3.63) is 78.2 Å². The van der Waals surface area contributed by atoms with Crippen molar-refractivity contribution in [3.63, 3.8) is 0 Å². The van der Waals surface area contributed by atoms with Gasteiger partial charge < -0.3 is 9.64 Å².